The highest BCUT2D eigenvalue weighted by Gasteiger charge is 2.44. The fraction of sp³-hybridized carbons (Fsp3) is 0.786. The van der Waals surface area contributed by atoms with Crippen LogP contribution in [0, 0.1) is 0 Å². The highest BCUT2D eigenvalue weighted by Crippen LogP contribution is 2.41. The van der Waals surface area contributed by atoms with Gasteiger partial charge in [0.05, 0.1) is 0 Å². The zero-order valence-electron chi connectivity index (χ0n) is 10.4. The normalized spacial score (nSPS) is 37.5. The van der Waals surface area contributed by atoms with Gasteiger partial charge >= 0.3 is 0 Å². The van der Waals surface area contributed by atoms with Gasteiger partial charge in [-0.2, -0.15) is 0 Å². The van der Waals surface area contributed by atoms with E-state index in [1.54, 1.807) is 0 Å². The van der Waals surface area contributed by atoms with Crippen LogP contribution in [-0.4, -0.2) is 35.0 Å². The first-order chi connectivity index (χ1) is 8.28. The monoisotopic (exact) mass is 234 g/mol. The number of carbonyl (C=O) groups is 1. The molecular weight excluding hydrogens is 212 g/mol. The van der Waals surface area contributed by atoms with Gasteiger partial charge in [-0.1, -0.05) is 13.0 Å². The molecule has 17 heavy (non-hydrogen) atoms. The molecule has 0 aromatic carbocycles. The van der Waals surface area contributed by atoms with Crippen molar-refractivity contribution in [2.24, 2.45) is 0 Å². The predicted molar refractivity (Wildman–Crippen MR) is 67.6 cm³/mol. The molecule has 3 aliphatic rings. The van der Waals surface area contributed by atoms with Gasteiger partial charge in [-0.3, -0.25) is 9.69 Å². The maximum absolute atomic E-state index is 11.4. The highest BCUT2D eigenvalue weighted by molar-refractivity contribution is 5.87. The Kier molecular flexibility index (Phi) is 2.95. The van der Waals surface area contributed by atoms with Gasteiger partial charge in [0, 0.05) is 24.2 Å². The summed E-state index contributed by atoms with van der Waals surface area (Å²) in [5.41, 5.74) is 0. The van der Waals surface area contributed by atoms with Crippen LogP contribution in [0.1, 0.15) is 44.9 Å². The van der Waals surface area contributed by atoms with Gasteiger partial charge in [0.1, 0.15) is 0 Å². The van der Waals surface area contributed by atoms with Crippen molar-refractivity contribution in [3.63, 3.8) is 0 Å². The van der Waals surface area contributed by atoms with Gasteiger partial charge in [-0.25, -0.2) is 0 Å². The Morgan fingerprint density at radius 1 is 1.12 bits per heavy atom. The van der Waals surface area contributed by atoms with Gasteiger partial charge in [0.2, 0.25) is 5.91 Å². The van der Waals surface area contributed by atoms with Crippen molar-refractivity contribution in [3.05, 3.63) is 12.7 Å². The van der Waals surface area contributed by atoms with Crippen molar-refractivity contribution in [1.29, 1.82) is 0 Å². The van der Waals surface area contributed by atoms with Crippen molar-refractivity contribution < 1.29 is 4.79 Å². The summed E-state index contributed by atoms with van der Waals surface area (Å²) in [5.74, 6) is -0.00653. The van der Waals surface area contributed by atoms with Crippen LogP contribution < -0.4 is 5.32 Å². The summed E-state index contributed by atoms with van der Waals surface area (Å²) in [6.45, 7) is 3.53. The average molecular weight is 234 g/mol. The molecule has 3 rings (SSSR count). The molecule has 2 aliphatic heterocycles. The molecule has 94 valence electrons. The Morgan fingerprint density at radius 3 is 2.29 bits per heavy atom. The third-order valence-corrected chi connectivity index (χ3v) is 4.53. The average Bonchev–Trinajstić information content (AvgIpc) is 3.11. The molecule has 1 aliphatic carbocycles. The summed E-state index contributed by atoms with van der Waals surface area (Å²) < 4.78 is 0. The molecule has 0 radical (unpaired) electrons. The lowest BCUT2D eigenvalue weighted by Gasteiger charge is -2.49. The van der Waals surface area contributed by atoms with E-state index in [4.69, 9.17) is 0 Å². The molecule has 0 aromatic rings. The molecule has 2 bridgehead atoms. The summed E-state index contributed by atoms with van der Waals surface area (Å²) in [6.07, 6.45) is 10.5. The molecule has 2 unspecified atom stereocenters. The molecule has 3 heteroatoms. The van der Waals surface area contributed by atoms with Gasteiger partial charge in [0.15, 0.2) is 0 Å². The second-order valence-electron chi connectivity index (χ2n) is 5.80. The van der Waals surface area contributed by atoms with E-state index in [9.17, 15) is 4.79 Å². The summed E-state index contributed by atoms with van der Waals surface area (Å²) in [7, 11) is 0. The van der Waals surface area contributed by atoms with Crippen molar-refractivity contribution in [3.8, 4) is 0 Å². The molecule has 3 nitrogen and oxygen atoms in total. The SMILES string of the molecule is C=CC(=O)NC1CC2CCCC(C1)N2C1CC1. The van der Waals surface area contributed by atoms with Crippen molar-refractivity contribution >= 4 is 5.91 Å². The van der Waals surface area contributed by atoms with Crippen LogP contribution in [0.2, 0.25) is 0 Å². The van der Waals surface area contributed by atoms with E-state index in [0.29, 0.717) is 6.04 Å². The van der Waals surface area contributed by atoms with Gasteiger partial charge in [0.25, 0.3) is 0 Å². The fourth-order valence-corrected chi connectivity index (χ4v) is 3.76. The fourth-order valence-electron chi connectivity index (χ4n) is 3.76. The molecule has 2 atom stereocenters. The van der Waals surface area contributed by atoms with Crippen LogP contribution in [0.15, 0.2) is 12.7 Å². The molecule has 3 fully saturated rings. The number of nitrogens with zero attached hydrogens (tertiary/aromatic N) is 1. The molecule has 0 aromatic heterocycles. The Hall–Kier alpha value is -0.830. The van der Waals surface area contributed by atoms with Crippen LogP contribution in [-0.2, 0) is 4.79 Å². The standard InChI is InChI=1S/C14H22N2O/c1-2-14(17)15-10-8-12-4-3-5-13(9-10)16(12)11-6-7-11/h2,10-13H,1,3-9H2,(H,15,17). The number of rotatable bonds is 3. The maximum atomic E-state index is 11.4. The lowest BCUT2D eigenvalue weighted by molar-refractivity contribution is -0.118. The zero-order chi connectivity index (χ0) is 11.8. The molecule has 1 N–H and O–H groups in total. The first kappa shape index (κ1) is 11.3. The molecule has 2 heterocycles. The van der Waals surface area contributed by atoms with E-state index >= 15 is 0 Å². The summed E-state index contributed by atoms with van der Waals surface area (Å²) in [6, 6.07) is 2.71. The molecule has 1 amide bonds. The van der Waals surface area contributed by atoms with Gasteiger partial charge in [-0.15, -0.1) is 0 Å². The Bertz CT molecular complexity index is 310. The van der Waals surface area contributed by atoms with Crippen LogP contribution in [0.3, 0.4) is 0 Å². The number of hydrogen-bond donors (Lipinski definition) is 1. The minimum atomic E-state index is -0.00653. The number of hydrogen-bond acceptors (Lipinski definition) is 2. The smallest absolute Gasteiger partial charge is 0.243 e. The third-order valence-electron chi connectivity index (χ3n) is 4.53. The summed E-state index contributed by atoms with van der Waals surface area (Å²) in [5, 5.41) is 3.09. The largest absolute Gasteiger partial charge is 0.350 e. The van der Waals surface area contributed by atoms with E-state index in [0.717, 1.165) is 31.0 Å². The van der Waals surface area contributed by atoms with Crippen molar-refractivity contribution in [2.75, 3.05) is 0 Å². The predicted octanol–water partition coefficient (Wildman–Crippen LogP) is 1.84. The number of nitrogens with one attached hydrogen (secondary N) is 1. The number of fused-ring (bicyclic) bond motifs is 2. The van der Waals surface area contributed by atoms with E-state index in [1.165, 1.54) is 38.2 Å². The second-order valence-corrected chi connectivity index (χ2v) is 5.80. The minimum absolute atomic E-state index is 0.00653. The molecule has 1 saturated carbocycles. The van der Waals surface area contributed by atoms with Gasteiger partial charge < -0.3 is 5.32 Å². The van der Waals surface area contributed by atoms with Crippen LogP contribution in [0.4, 0.5) is 0 Å². The number of carbonyl (C=O) groups excluding carboxylic acids is 1. The number of piperidine rings is 2. The van der Waals surface area contributed by atoms with Crippen LogP contribution >= 0.6 is 0 Å². The van der Waals surface area contributed by atoms with Crippen LogP contribution in [0.5, 0.6) is 0 Å². The first-order valence-electron chi connectivity index (χ1n) is 6.98. The van der Waals surface area contributed by atoms with Crippen LogP contribution in [0.25, 0.3) is 0 Å². The minimum Gasteiger partial charge on any atom is -0.350 e. The maximum Gasteiger partial charge on any atom is 0.243 e. The molecular formula is C14H22N2O. The Balaban J connectivity index is 1.66. The third kappa shape index (κ3) is 2.25. The topological polar surface area (TPSA) is 32.3 Å². The first-order valence-corrected chi connectivity index (χ1v) is 6.98. The molecule has 0 spiro atoms. The number of amides is 1. The van der Waals surface area contributed by atoms with E-state index in [-0.39, 0.29) is 5.91 Å². The summed E-state index contributed by atoms with van der Waals surface area (Å²) >= 11 is 0. The van der Waals surface area contributed by atoms with E-state index in [1.807, 2.05) is 0 Å². The van der Waals surface area contributed by atoms with Crippen molar-refractivity contribution in [2.45, 2.75) is 69.1 Å². The zero-order valence-corrected chi connectivity index (χ0v) is 10.4. The lowest BCUT2D eigenvalue weighted by Crippen LogP contribution is -2.57. The summed E-state index contributed by atoms with van der Waals surface area (Å²) in [4.78, 5) is 14.2. The molecule has 2 saturated heterocycles. The van der Waals surface area contributed by atoms with Crippen molar-refractivity contribution in [1.82, 2.24) is 10.2 Å². The van der Waals surface area contributed by atoms with Gasteiger partial charge in [-0.05, 0) is 44.6 Å². The lowest BCUT2D eigenvalue weighted by atomic mass is 9.81. The Morgan fingerprint density at radius 2 is 1.76 bits per heavy atom. The van der Waals surface area contributed by atoms with E-state index in [2.05, 4.69) is 16.8 Å². The Labute approximate surface area is 103 Å². The quantitative estimate of drug-likeness (QED) is 0.756. The second kappa shape index (κ2) is 4.45. The highest BCUT2D eigenvalue weighted by atomic mass is 16.1. The van der Waals surface area contributed by atoms with E-state index < -0.39 is 0 Å².